The number of carbonyl (C=O) groups is 2. The molecule has 2 aliphatic rings. The molecule has 29 heavy (non-hydrogen) atoms. The number of benzene rings is 2. The number of rotatable bonds is 7. The normalized spacial score (nSPS) is 27.5. The summed E-state index contributed by atoms with van der Waals surface area (Å²) in [6.45, 7) is 0.376. The third kappa shape index (κ3) is 4.22. The van der Waals surface area contributed by atoms with Crippen molar-refractivity contribution < 1.29 is 23.8 Å². The summed E-state index contributed by atoms with van der Waals surface area (Å²) in [6.07, 6.45) is 1.32. The zero-order valence-corrected chi connectivity index (χ0v) is 16.2. The summed E-state index contributed by atoms with van der Waals surface area (Å²) in [7, 11) is 6.10. The Labute approximate surface area is 171 Å². The maximum Gasteiger partial charge on any atom is 0.312 e. The van der Waals surface area contributed by atoms with Crippen LogP contribution in [-0.2, 0) is 37.0 Å². The van der Waals surface area contributed by atoms with Crippen molar-refractivity contribution in [1.29, 1.82) is 0 Å². The van der Waals surface area contributed by atoms with Crippen LogP contribution in [0, 0.1) is 11.8 Å². The van der Waals surface area contributed by atoms with Crippen molar-refractivity contribution in [3.8, 4) is 0 Å². The Balaban J connectivity index is 1.40. The Morgan fingerprint density at radius 2 is 1.55 bits per heavy atom. The van der Waals surface area contributed by atoms with Crippen molar-refractivity contribution in [2.45, 2.75) is 44.1 Å². The lowest BCUT2D eigenvalue weighted by Crippen LogP contribution is -2.40. The van der Waals surface area contributed by atoms with Gasteiger partial charge in [0.25, 0.3) is 0 Å². The van der Waals surface area contributed by atoms with Crippen molar-refractivity contribution in [3.05, 3.63) is 71.8 Å². The Hall–Kier alpha value is -2.60. The molecule has 1 aliphatic heterocycles. The second-order valence-electron chi connectivity index (χ2n) is 7.74. The van der Waals surface area contributed by atoms with Crippen LogP contribution in [0.5, 0.6) is 0 Å². The number of esters is 2. The molecule has 2 bridgehead atoms. The van der Waals surface area contributed by atoms with Gasteiger partial charge in [0, 0.05) is 6.00 Å². The van der Waals surface area contributed by atoms with Gasteiger partial charge in [-0.05, 0) is 29.9 Å². The zero-order chi connectivity index (χ0) is 20.3. The summed E-state index contributed by atoms with van der Waals surface area (Å²) in [5.41, 5.74) is 0.879. The largest absolute Gasteiger partial charge is 0.461 e. The summed E-state index contributed by atoms with van der Waals surface area (Å²) in [5, 5.41) is 0. The van der Waals surface area contributed by atoms with Crippen LogP contribution in [0.1, 0.15) is 30.4 Å². The van der Waals surface area contributed by atoms with Gasteiger partial charge in [-0.15, -0.1) is 0 Å². The van der Waals surface area contributed by atoms with Gasteiger partial charge in [-0.1, -0.05) is 60.7 Å². The van der Waals surface area contributed by atoms with Crippen molar-refractivity contribution in [3.63, 3.8) is 0 Å². The average molecular weight is 390 g/mol. The van der Waals surface area contributed by atoms with E-state index in [1.165, 1.54) is 0 Å². The van der Waals surface area contributed by atoms with Crippen LogP contribution < -0.4 is 0 Å². The number of hydrogen-bond donors (Lipinski definition) is 0. The second kappa shape index (κ2) is 8.41. The minimum atomic E-state index is -0.939. The van der Waals surface area contributed by atoms with Crippen LogP contribution in [0.4, 0.5) is 0 Å². The van der Waals surface area contributed by atoms with E-state index in [1.807, 2.05) is 60.7 Å². The summed E-state index contributed by atoms with van der Waals surface area (Å²) in [5.74, 6) is -1.45. The van der Waals surface area contributed by atoms with Gasteiger partial charge in [0.1, 0.15) is 21.1 Å². The molecule has 4 atom stereocenters. The third-order valence-electron chi connectivity index (χ3n) is 5.85. The highest BCUT2D eigenvalue weighted by Crippen LogP contribution is 2.54. The average Bonchev–Trinajstić information content (AvgIpc) is 3.23. The molecule has 0 N–H and O–H groups in total. The van der Waals surface area contributed by atoms with Gasteiger partial charge in [0.2, 0.25) is 0 Å². The lowest BCUT2D eigenvalue weighted by Gasteiger charge is -2.30. The molecule has 5 nitrogen and oxygen atoms in total. The quantitative estimate of drug-likeness (QED) is 0.537. The van der Waals surface area contributed by atoms with Crippen LogP contribution in [-0.4, -0.2) is 31.4 Å². The molecule has 4 rings (SSSR count). The first-order valence-corrected chi connectivity index (χ1v) is 9.91. The molecule has 1 heterocycles. The van der Waals surface area contributed by atoms with Crippen molar-refractivity contribution in [1.82, 2.24) is 0 Å². The lowest BCUT2D eigenvalue weighted by atomic mass is 9.80. The number of ether oxygens (including phenoxy) is 3. The molecule has 6 heteroatoms. The first kappa shape index (κ1) is 19.7. The highest BCUT2D eigenvalue weighted by atomic mass is 16.6. The summed E-state index contributed by atoms with van der Waals surface area (Å²) >= 11 is 0. The number of hydrogen-bond acceptors (Lipinski definition) is 5. The topological polar surface area (TPSA) is 61.8 Å². The Morgan fingerprint density at radius 3 is 2.14 bits per heavy atom. The highest BCUT2D eigenvalue weighted by molar-refractivity contribution is 6.12. The number of fused-ring (bicyclic) bond motifs is 2. The van der Waals surface area contributed by atoms with E-state index in [0.29, 0.717) is 6.42 Å². The van der Waals surface area contributed by atoms with E-state index in [9.17, 15) is 9.59 Å². The molecule has 2 fully saturated rings. The van der Waals surface area contributed by atoms with E-state index in [4.69, 9.17) is 22.1 Å². The van der Waals surface area contributed by atoms with Gasteiger partial charge in [-0.3, -0.25) is 9.59 Å². The van der Waals surface area contributed by atoms with E-state index in [1.54, 1.807) is 0 Å². The van der Waals surface area contributed by atoms with Gasteiger partial charge in [0.05, 0.1) is 17.9 Å². The first-order chi connectivity index (χ1) is 14.1. The Kier molecular flexibility index (Phi) is 5.72. The molecule has 2 aromatic carbocycles. The summed E-state index contributed by atoms with van der Waals surface area (Å²) < 4.78 is 16.9. The molecule has 2 aromatic rings. The van der Waals surface area contributed by atoms with Crippen LogP contribution in [0.3, 0.4) is 0 Å². The molecule has 0 spiro atoms. The molecular formula is C23H23BO5. The first-order valence-electron chi connectivity index (χ1n) is 9.91. The van der Waals surface area contributed by atoms with Crippen LogP contribution in [0.2, 0.25) is 0 Å². The predicted molar refractivity (Wildman–Crippen MR) is 107 cm³/mol. The Bertz CT molecular complexity index is 856. The van der Waals surface area contributed by atoms with E-state index in [2.05, 4.69) is 0 Å². The second-order valence-corrected chi connectivity index (χ2v) is 7.74. The maximum atomic E-state index is 12.9. The van der Waals surface area contributed by atoms with E-state index < -0.39 is 23.5 Å². The fraction of sp³-hybridized carbons (Fsp3) is 0.391. The Morgan fingerprint density at radius 1 is 0.966 bits per heavy atom. The standard InChI is InChI=1S/C23H23BO5/c24-21-18-11-12-23(29-21,13-19(25)27-14-16-7-3-1-4-8-16)20(18)22(26)28-15-17-9-5-2-6-10-17/h1-10,18,20-21H,11-15H2/t18-,20?,21+,23-/m0/s1. The molecule has 1 saturated carbocycles. The molecule has 1 unspecified atom stereocenters. The molecule has 2 radical (unpaired) electrons. The van der Waals surface area contributed by atoms with Gasteiger partial charge in [0.15, 0.2) is 0 Å². The molecule has 0 amide bonds. The van der Waals surface area contributed by atoms with E-state index >= 15 is 0 Å². The fourth-order valence-electron chi connectivity index (χ4n) is 4.45. The highest BCUT2D eigenvalue weighted by Gasteiger charge is 2.62. The van der Waals surface area contributed by atoms with Gasteiger partial charge in [-0.25, -0.2) is 0 Å². The summed E-state index contributed by atoms with van der Waals surface area (Å²) in [6, 6.07) is 18.4. The number of carbonyl (C=O) groups excluding carboxylic acids is 2. The smallest absolute Gasteiger partial charge is 0.312 e. The monoisotopic (exact) mass is 390 g/mol. The fourth-order valence-corrected chi connectivity index (χ4v) is 4.45. The molecule has 0 aromatic heterocycles. The lowest BCUT2D eigenvalue weighted by molar-refractivity contribution is -0.162. The maximum absolute atomic E-state index is 12.9. The SMILES string of the molecule is [B][C@@H]1O[C@]2(CC(=O)OCc3ccccc3)CC[C@H]1C2C(=O)OCc1ccccc1. The van der Waals surface area contributed by atoms with Crippen molar-refractivity contribution in [2.24, 2.45) is 11.8 Å². The van der Waals surface area contributed by atoms with Crippen molar-refractivity contribution in [2.75, 3.05) is 0 Å². The van der Waals surface area contributed by atoms with Crippen LogP contribution in [0.15, 0.2) is 60.7 Å². The molecule has 1 saturated heterocycles. The van der Waals surface area contributed by atoms with E-state index in [-0.39, 0.29) is 31.5 Å². The molecule has 1 aliphatic carbocycles. The predicted octanol–water partition coefficient (Wildman–Crippen LogP) is 3.15. The molecular weight excluding hydrogens is 367 g/mol. The van der Waals surface area contributed by atoms with Crippen LogP contribution in [0.25, 0.3) is 0 Å². The van der Waals surface area contributed by atoms with Crippen molar-refractivity contribution >= 4 is 19.8 Å². The molecule has 148 valence electrons. The minimum absolute atomic E-state index is 0.00482. The van der Waals surface area contributed by atoms with Gasteiger partial charge >= 0.3 is 11.9 Å². The third-order valence-corrected chi connectivity index (χ3v) is 5.85. The minimum Gasteiger partial charge on any atom is -0.461 e. The summed E-state index contributed by atoms with van der Waals surface area (Å²) in [4.78, 5) is 25.4. The van der Waals surface area contributed by atoms with Gasteiger partial charge in [-0.2, -0.15) is 0 Å². The zero-order valence-electron chi connectivity index (χ0n) is 16.2. The van der Waals surface area contributed by atoms with E-state index in [0.717, 1.165) is 17.5 Å². The van der Waals surface area contributed by atoms with Crippen LogP contribution >= 0.6 is 0 Å². The van der Waals surface area contributed by atoms with Gasteiger partial charge < -0.3 is 14.2 Å².